The summed E-state index contributed by atoms with van der Waals surface area (Å²) in [5.74, 6) is 0. The molecule has 0 bridgehead atoms. The summed E-state index contributed by atoms with van der Waals surface area (Å²) in [6.45, 7) is -0.399. The highest BCUT2D eigenvalue weighted by Crippen LogP contribution is 2.35. The maximum Gasteiger partial charge on any atom is 0.179 e. The highest BCUT2D eigenvalue weighted by atomic mass is 19.1. The Labute approximate surface area is 208 Å². The molecule has 3 aliphatic heterocycles. The van der Waals surface area contributed by atoms with Crippen LogP contribution in [0.4, 0.5) is 4.39 Å². The summed E-state index contributed by atoms with van der Waals surface area (Å²) in [5.41, 5.74) is 23.9. The minimum atomic E-state index is -1.82. The second kappa shape index (κ2) is 11.6. The number of rotatable bonds is 6. The van der Waals surface area contributed by atoms with Crippen LogP contribution >= 0.6 is 0 Å². The minimum absolute atomic E-state index is 0.0473. The van der Waals surface area contributed by atoms with Gasteiger partial charge in [0.25, 0.3) is 0 Å². The molecule has 15 heteroatoms. The van der Waals surface area contributed by atoms with Gasteiger partial charge in [-0.3, -0.25) is 0 Å². The van der Waals surface area contributed by atoms with E-state index in [1.807, 2.05) is 0 Å². The molecule has 3 saturated heterocycles. The molecule has 0 radical (unpaired) electrons. The molecule has 0 amide bonds. The lowest BCUT2D eigenvalue weighted by Gasteiger charge is -2.51. The zero-order valence-electron chi connectivity index (χ0n) is 20.1. The Bertz CT molecular complexity index is 731. The quantitative estimate of drug-likeness (QED) is 0.158. The van der Waals surface area contributed by atoms with Crippen molar-refractivity contribution >= 4 is 0 Å². The molecule has 16 atom stereocenters. The van der Waals surface area contributed by atoms with Crippen LogP contribution in [0.15, 0.2) is 0 Å². The highest BCUT2D eigenvalue weighted by Gasteiger charge is 2.53. The molecule has 4 aliphatic rings. The number of aliphatic hydroxyl groups excluding tert-OH is 4. The molecular weight excluding hydrogens is 485 g/mol. The number of halogens is 1. The molecule has 0 spiro atoms. The van der Waals surface area contributed by atoms with E-state index in [1.165, 1.54) is 0 Å². The van der Waals surface area contributed by atoms with Crippen LogP contribution in [-0.2, 0) is 23.7 Å². The van der Waals surface area contributed by atoms with Crippen molar-refractivity contribution < 1.29 is 48.5 Å². The average Bonchev–Trinajstić information content (AvgIpc) is 2.83. The topological polar surface area (TPSA) is 243 Å². The molecule has 0 aromatic heterocycles. The number of nitrogens with one attached hydrogen (secondary N) is 1. The lowest BCUT2D eigenvalue weighted by atomic mass is 9.85. The molecule has 0 aromatic rings. The number of aliphatic hydroxyl groups is 4. The monoisotopic (exact) mass is 525 g/mol. The fourth-order valence-electron chi connectivity index (χ4n) is 5.40. The summed E-state index contributed by atoms with van der Waals surface area (Å²) in [6, 6.07) is -3.89. The number of nitrogens with two attached hydrogens (primary N) is 4. The number of fused-ring (bicyclic) bond motifs is 1. The zero-order valence-corrected chi connectivity index (χ0v) is 20.1. The number of ether oxygens (including phenoxy) is 5. The summed E-state index contributed by atoms with van der Waals surface area (Å²) in [6.07, 6.45) is -11.6. The summed E-state index contributed by atoms with van der Waals surface area (Å²) >= 11 is 0. The first kappa shape index (κ1) is 28.4. The van der Waals surface area contributed by atoms with E-state index in [4.69, 9.17) is 46.6 Å². The van der Waals surface area contributed by atoms with Crippen molar-refractivity contribution in [1.29, 1.82) is 0 Å². The molecule has 3 heterocycles. The minimum Gasteiger partial charge on any atom is -0.394 e. The lowest BCUT2D eigenvalue weighted by molar-refractivity contribution is -0.360. The summed E-state index contributed by atoms with van der Waals surface area (Å²) in [5, 5.41) is 43.7. The van der Waals surface area contributed by atoms with Gasteiger partial charge in [-0.2, -0.15) is 0 Å². The van der Waals surface area contributed by atoms with Gasteiger partial charge in [-0.15, -0.1) is 0 Å². The molecule has 210 valence electrons. The molecule has 13 N–H and O–H groups in total. The van der Waals surface area contributed by atoms with Crippen molar-refractivity contribution in [1.82, 2.24) is 5.32 Å². The second-order valence-corrected chi connectivity index (χ2v) is 10.1. The smallest absolute Gasteiger partial charge is 0.179 e. The van der Waals surface area contributed by atoms with E-state index < -0.39 is 105 Å². The van der Waals surface area contributed by atoms with E-state index in [0.717, 1.165) is 0 Å². The van der Waals surface area contributed by atoms with E-state index in [2.05, 4.69) is 5.32 Å². The van der Waals surface area contributed by atoms with Crippen LogP contribution in [-0.4, -0.2) is 132 Å². The fraction of sp³-hybridized carbons (Fsp3) is 1.00. The first-order chi connectivity index (χ1) is 17.0. The van der Waals surface area contributed by atoms with E-state index in [-0.39, 0.29) is 19.3 Å². The van der Waals surface area contributed by atoms with Gasteiger partial charge in [-0.05, 0) is 19.9 Å². The van der Waals surface area contributed by atoms with Crippen molar-refractivity contribution in [3.8, 4) is 0 Å². The Morgan fingerprint density at radius 1 is 0.889 bits per heavy atom. The number of hydrogen-bond donors (Lipinski definition) is 9. The molecular formula is C21H40FN5O9. The van der Waals surface area contributed by atoms with E-state index >= 15 is 0 Å². The normalized spacial score (nSPS) is 54.2. The van der Waals surface area contributed by atoms with Gasteiger partial charge < -0.3 is 72.4 Å². The van der Waals surface area contributed by atoms with Gasteiger partial charge in [0.15, 0.2) is 25.0 Å². The molecule has 14 nitrogen and oxygen atoms in total. The first-order valence-electron chi connectivity index (χ1n) is 12.3. The van der Waals surface area contributed by atoms with Gasteiger partial charge in [0, 0.05) is 18.5 Å². The molecule has 1 aliphatic carbocycles. The fourth-order valence-corrected chi connectivity index (χ4v) is 5.40. The van der Waals surface area contributed by atoms with Crippen LogP contribution in [0.2, 0.25) is 0 Å². The third-order valence-corrected chi connectivity index (χ3v) is 7.59. The Morgan fingerprint density at radius 3 is 2.28 bits per heavy atom. The van der Waals surface area contributed by atoms with Crippen molar-refractivity contribution in [2.24, 2.45) is 22.9 Å². The Balaban J connectivity index is 1.41. The van der Waals surface area contributed by atoms with Gasteiger partial charge in [-0.25, -0.2) is 4.39 Å². The van der Waals surface area contributed by atoms with Crippen LogP contribution in [0.5, 0.6) is 0 Å². The van der Waals surface area contributed by atoms with Gasteiger partial charge in [0.05, 0.1) is 36.9 Å². The molecule has 9 unspecified atom stereocenters. The standard InChI is InChI=1S/C21H40FN5O9/c1-27-15-17(31)19-10(33-21(15)34-12-4-9(29)14(26)11(5-28)32-12)3-8(25)20(36-19)35-18-7(24)2-6(23)16(30)13(18)22/h6-21,27-31H,2-5,23-26H2,1H3/t6-,7?,8?,9?,10+,11?,12-,13?,14+,15?,16-,17?,18-,19?,20+,21?/m1/s1. The molecule has 4 fully saturated rings. The zero-order chi connectivity index (χ0) is 26.3. The first-order valence-corrected chi connectivity index (χ1v) is 12.3. The van der Waals surface area contributed by atoms with Gasteiger partial charge in [0.1, 0.15) is 30.5 Å². The van der Waals surface area contributed by atoms with Crippen molar-refractivity contribution in [3.63, 3.8) is 0 Å². The van der Waals surface area contributed by atoms with Crippen molar-refractivity contribution in [2.45, 2.75) is 117 Å². The Morgan fingerprint density at radius 2 is 1.61 bits per heavy atom. The van der Waals surface area contributed by atoms with Crippen molar-refractivity contribution in [2.75, 3.05) is 13.7 Å². The van der Waals surface area contributed by atoms with Crippen LogP contribution in [0.1, 0.15) is 19.3 Å². The summed E-state index contributed by atoms with van der Waals surface area (Å²) < 4.78 is 44.1. The van der Waals surface area contributed by atoms with Crippen LogP contribution in [0.25, 0.3) is 0 Å². The number of likely N-dealkylation sites (N-methyl/N-ethyl adjacent to an activating group) is 1. The van der Waals surface area contributed by atoms with E-state index in [0.29, 0.717) is 0 Å². The second-order valence-electron chi connectivity index (χ2n) is 10.1. The Kier molecular flexibility index (Phi) is 9.17. The average molecular weight is 526 g/mol. The van der Waals surface area contributed by atoms with Gasteiger partial charge in [0.2, 0.25) is 0 Å². The SMILES string of the molecule is CNC1C(O[C@@H]2CC(O)[C@H](N)C(CO)O2)O[C@H]2CC(N)[C@@H](O[C@@H]3C(N)C[C@@H](N)[C@@H](O)C3F)OC2C1O. The van der Waals surface area contributed by atoms with E-state index in [9.17, 15) is 24.8 Å². The van der Waals surface area contributed by atoms with Crippen molar-refractivity contribution in [3.05, 3.63) is 0 Å². The molecule has 0 aromatic carbocycles. The van der Waals surface area contributed by atoms with Crippen LogP contribution < -0.4 is 28.3 Å². The molecule has 36 heavy (non-hydrogen) atoms. The van der Waals surface area contributed by atoms with Crippen LogP contribution in [0, 0.1) is 0 Å². The predicted octanol–water partition coefficient (Wildman–Crippen LogP) is -4.94. The lowest BCUT2D eigenvalue weighted by Crippen LogP contribution is -2.69. The third-order valence-electron chi connectivity index (χ3n) is 7.59. The summed E-state index contributed by atoms with van der Waals surface area (Å²) in [7, 11) is 1.60. The number of alkyl halides is 1. The van der Waals surface area contributed by atoms with Gasteiger partial charge >= 0.3 is 0 Å². The highest BCUT2D eigenvalue weighted by molar-refractivity contribution is 5.01. The number of hydrogen-bond acceptors (Lipinski definition) is 14. The third kappa shape index (κ3) is 5.55. The van der Waals surface area contributed by atoms with Gasteiger partial charge in [-0.1, -0.05) is 0 Å². The largest absolute Gasteiger partial charge is 0.394 e. The molecule has 4 rings (SSSR count). The van der Waals surface area contributed by atoms with E-state index in [1.54, 1.807) is 7.05 Å². The maximum atomic E-state index is 14.7. The summed E-state index contributed by atoms with van der Waals surface area (Å²) in [4.78, 5) is 0. The Hall–Kier alpha value is -0.630. The maximum absolute atomic E-state index is 14.7. The molecule has 1 saturated carbocycles. The van der Waals surface area contributed by atoms with Crippen LogP contribution in [0.3, 0.4) is 0 Å². The predicted molar refractivity (Wildman–Crippen MR) is 121 cm³/mol.